The van der Waals surface area contributed by atoms with E-state index in [1.807, 2.05) is 26.8 Å². The van der Waals surface area contributed by atoms with Crippen LogP contribution in [-0.4, -0.2) is 10.7 Å². The highest BCUT2D eigenvalue weighted by molar-refractivity contribution is 5.46. The first kappa shape index (κ1) is 13.1. The third kappa shape index (κ3) is 2.41. The summed E-state index contributed by atoms with van der Waals surface area (Å²) in [6, 6.07) is 3.42. The van der Waals surface area contributed by atoms with Crippen molar-refractivity contribution in [3.05, 3.63) is 39.0 Å². The summed E-state index contributed by atoms with van der Waals surface area (Å²) in [5, 5.41) is 10.1. The summed E-state index contributed by atoms with van der Waals surface area (Å²) in [7, 11) is 0. The van der Waals surface area contributed by atoms with E-state index in [4.69, 9.17) is 5.73 Å². The van der Waals surface area contributed by atoms with Gasteiger partial charge in [-0.1, -0.05) is 0 Å². The molecule has 0 aromatic heterocycles. The Morgan fingerprint density at radius 3 is 2.67 bits per heavy atom. The van der Waals surface area contributed by atoms with Crippen molar-refractivity contribution in [2.24, 2.45) is 5.92 Å². The van der Waals surface area contributed by atoms with Crippen LogP contribution in [0.3, 0.4) is 0 Å². The van der Waals surface area contributed by atoms with Crippen LogP contribution < -0.4 is 11.2 Å². The normalized spacial score (nSPS) is 19.4. The number of aliphatic hydroxyl groups is 1. The van der Waals surface area contributed by atoms with Crippen molar-refractivity contribution in [2.75, 3.05) is 5.73 Å². The summed E-state index contributed by atoms with van der Waals surface area (Å²) < 4.78 is 0. The van der Waals surface area contributed by atoms with Crippen molar-refractivity contribution in [1.82, 2.24) is 0 Å². The van der Waals surface area contributed by atoms with Crippen molar-refractivity contribution in [2.45, 2.75) is 45.6 Å². The smallest absolute Gasteiger partial charge is 0.201 e. The fraction of sp³-hybridized carbons (Fsp3) is 0.533. The van der Waals surface area contributed by atoms with Crippen molar-refractivity contribution < 1.29 is 5.11 Å². The molecule has 2 rings (SSSR count). The molecule has 0 spiro atoms. The Morgan fingerprint density at radius 2 is 2.06 bits per heavy atom. The second kappa shape index (κ2) is 4.39. The Balaban J connectivity index is 2.51. The minimum absolute atomic E-state index is 0.110. The molecule has 0 bridgehead atoms. The van der Waals surface area contributed by atoms with Crippen LogP contribution in [0.2, 0.25) is 0 Å². The second-order valence-electron chi connectivity index (χ2n) is 5.89. The van der Waals surface area contributed by atoms with Gasteiger partial charge in [-0.2, -0.15) is 0 Å². The number of rotatable bonds is 1. The van der Waals surface area contributed by atoms with Crippen molar-refractivity contribution in [1.29, 1.82) is 0 Å². The predicted octanol–water partition coefficient (Wildman–Crippen LogP) is 1.81. The second-order valence-corrected chi connectivity index (χ2v) is 5.89. The third-order valence-electron chi connectivity index (χ3n) is 4.04. The molecule has 1 unspecified atom stereocenters. The number of hydrogen-bond acceptors (Lipinski definition) is 3. The molecule has 0 aliphatic heterocycles. The minimum Gasteiger partial charge on any atom is -0.396 e. The topological polar surface area (TPSA) is 63.3 Å². The largest absolute Gasteiger partial charge is 0.396 e. The lowest BCUT2D eigenvalue weighted by Crippen LogP contribution is -2.35. The van der Waals surface area contributed by atoms with Crippen molar-refractivity contribution >= 4 is 5.69 Å². The van der Waals surface area contributed by atoms with Gasteiger partial charge in [0.1, 0.15) is 0 Å². The van der Waals surface area contributed by atoms with Gasteiger partial charge in [-0.05, 0) is 74.8 Å². The average Bonchev–Trinajstić information content (AvgIpc) is 2.36. The van der Waals surface area contributed by atoms with Crippen LogP contribution in [-0.2, 0) is 12.8 Å². The maximum Gasteiger partial charge on any atom is 0.201 e. The molecular formula is C15H21NO2. The molecule has 0 amide bonds. The number of anilines is 1. The van der Waals surface area contributed by atoms with E-state index in [9.17, 15) is 9.90 Å². The predicted molar refractivity (Wildman–Crippen MR) is 73.7 cm³/mol. The minimum atomic E-state index is -0.676. The number of aryl methyl sites for hydroxylation is 2. The fourth-order valence-electron chi connectivity index (χ4n) is 2.76. The molecule has 0 heterocycles. The molecule has 0 fully saturated rings. The molecule has 0 saturated heterocycles. The monoisotopic (exact) mass is 247 g/mol. The van der Waals surface area contributed by atoms with E-state index in [0.29, 0.717) is 5.69 Å². The Morgan fingerprint density at radius 1 is 1.39 bits per heavy atom. The highest BCUT2D eigenvalue weighted by Gasteiger charge is 2.30. The molecule has 1 atom stereocenters. The molecule has 98 valence electrons. The van der Waals surface area contributed by atoms with Gasteiger partial charge in [0.25, 0.3) is 0 Å². The first-order valence-corrected chi connectivity index (χ1v) is 6.43. The molecule has 1 aromatic carbocycles. The Kier molecular flexibility index (Phi) is 3.20. The molecule has 3 N–H and O–H groups in total. The van der Waals surface area contributed by atoms with E-state index in [2.05, 4.69) is 0 Å². The van der Waals surface area contributed by atoms with Gasteiger partial charge in [0.15, 0.2) is 0 Å². The van der Waals surface area contributed by atoms with Gasteiger partial charge in [0, 0.05) is 0 Å². The summed E-state index contributed by atoms with van der Waals surface area (Å²) in [6.45, 7) is 5.66. The Labute approximate surface area is 108 Å². The fourth-order valence-corrected chi connectivity index (χ4v) is 2.76. The van der Waals surface area contributed by atoms with E-state index < -0.39 is 5.60 Å². The van der Waals surface area contributed by atoms with E-state index in [1.165, 1.54) is 5.56 Å². The number of hydrogen-bond donors (Lipinski definition) is 2. The first-order chi connectivity index (χ1) is 8.29. The number of nitrogen functional groups attached to an aromatic ring is 1. The molecule has 18 heavy (non-hydrogen) atoms. The summed E-state index contributed by atoms with van der Waals surface area (Å²) in [5.74, 6) is 0.238. The van der Waals surface area contributed by atoms with Crippen LogP contribution in [0.5, 0.6) is 0 Å². The van der Waals surface area contributed by atoms with Gasteiger partial charge in [0.2, 0.25) is 5.43 Å². The lowest BCUT2D eigenvalue weighted by Gasteiger charge is -2.33. The summed E-state index contributed by atoms with van der Waals surface area (Å²) in [6.07, 6.45) is 2.63. The molecule has 1 aliphatic carbocycles. The zero-order valence-electron chi connectivity index (χ0n) is 11.3. The van der Waals surface area contributed by atoms with Crippen LogP contribution in [0.25, 0.3) is 0 Å². The molecule has 0 radical (unpaired) electrons. The van der Waals surface area contributed by atoms with Crippen LogP contribution in [0, 0.1) is 12.8 Å². The summed E-state index contributed by atoms with van der Waals surface area (Å²) >= 11 is 0. The Bertz CT molecular complexity index is 529. The zero-order chi connectivity index (χ0) is 13.5. The average molecular weight is 247 g/mol. The Hall–Kier alpha value is -1.35. The maximum absolute atomic E-state index is 11.7. The number of fused-ring (bicyclic) bond motifs is 1. The van der Waals surface area contributed by atoms with Crippen LogP contribution >= 0.6 is 0 Å². The van der Waals surface area contributed by atoms with Crippen molar-refractivity contribution in [3.8, 4) is 0 Å². The van der Waals surface area contributed by atoms with Gasteiger partial charge in [-0.15, -0.1) is 0 Å². The van der Waals surface area contributed by atoms with Crippen molar-refractivity contribution in [3.63, 3.8) is 0 Å². The highest BCUT2D eigenvalue weighted by atomic mass is 16.3. The quantitative estimate of drug-likeness (QED) is 0.795. The third-order valence-corrected chi connectivity index (χ3v) is 4.04. The van der Waals surface area contributed by atoms with Crippen LogP contribution in [0.15, 0.2) is 16.9 Å². The molecule has 1 aromatic rings. The van der Waals surface area contributed by atoms with Gasteiger partial charge in [-0.25, -0.2) is 0 Å². The highest BCUT2D eigenvalue weighted by Crippen LogP contribution is 2.33. The van der Waals surface area contributed by atoms with E-state index in [-0.39, 0.29) is 11.3 Å². The first-order valence-electron chi connectivity index (χ1n) is 6.43. The van der Waals surface area contributed by atoms with Crippen LogP contribution in [0.1, 0.15) is 37.0 Å². The standard InChI is InChI=1S/C15H21NO2/c1-9-6-14(17)13(16)7-10-4-5-11(8-12(9)10)15(2,3)18/h6-7,11,18H,4-5,8H2,1-3H3,(H2,16,17). The van der Waals surface area contributed by atoms with Gasteiger partial charge < -0.3 is 10.8 Å². The van der Waals surface area contributed by atoms with Crippen LogP contribution in [0.4, 0.5) is 5.69 Å². The van der Waals surface area contributed by atoms with Gasteiger partial charge >= 0.3 is 0 Å². The lowest BCUT2D eigenvalue weighted by molar-refractivity contribution is 0.0110. The SMILES string of the molecule is Cc1cc(=O)c(N)cc2c1CC(C(C)(C)O)CC2. The lowest BCUT2D eigenvalue weighted by atomic mass is 9.76. The zero-order valence-corrected chi connectivity index (χ0v) is 11.3. The van der Waals surface area contributed by atoms with E-state index >= 15 is 0 Å². The number of nitrogens with two attached hydrogens (primary N) is 1. The van der Waals surface area contributed by atoms with Gasteiger partial charge in [0.05, 0.1) is 11.3 Å². The van der Waals surface area contributed by atoms with E-state index in [1.54, 1.807) is 6.07 Å². The maximum atomic E-state index is 11.7. The molecule has 3 nitrogen and oxygen atoms in total. The summed E-state index contributed by atoms with van der Waals surface area (Å²) in [5.41, 5.74) is 8.62. The molecule has 3 heteroatoms. The van der Waals surface area contributed by atoms with Gasteiger partial charge in [-0.3, -0.25) is 4.79 Å². The molecule has 1 aliphatic rings. The molecular weight excluding hydrogens is 226 g/mol. The van der Waals surface area contributed by atoms with E-state index in [0.717, 1.165) is 30.4 Å². The molecule has 0 saturated carbocycles. The summed E-state index contributed by atoms with van der Waals surface area (Å²) in [4.78, 5) is 11.7.